The number of nitrogens with zero attached hydrogens (tertiary/aromatic N) is 3. The number of aromatic nitrogens is 3. The molecule has 1 amide bonds. The molecule has 2 aromatic rings. The lowest BCUT2D eigenvalue weighted by Gasteiger charge is -2.08. The first-order valence-corrected chi connectivity index (χ1v) is 9.69. The number of amides is 1. The Morgan fingerprint density at radius 2 is 2.04 bits per heavy atom. The van der Waals surface area contributed by atoms with Crippen molar-refractivity contribution in [3.8, 4) is 0 Å². The number of nitrogens with one attached hydrogen (secondary N) is 1. The van der Waals surface area contributed by atoms with Crippen LogP contribution in [0.1, 0.15) is 60.7 Å². The summed E-state index contributed by atoms with van der Waals surface area (Å²) in [5.41, 5.74) is 0.355. The van der Waals surface area contributed by atoms with Gasteiger partial charge in [0.15, 0.2) is 10.9 Å². The zero-order valence-electron chi connectivity index (χ0n) is 14.4. The Bertz CT molecular complexity index is 874. The largest absolute Gasteiger partial charge is 0.326 e. The van der Waals surface area contributed by atoms with Crippen LogP contribution in [0.4, 0.5) is 10.1 Å². The van der Waals surface area contributed by atoms with Gasteiger partial charge in [-0.3, -0.25) is 9.59 Å². The summed E-state index contributed by atoms with van der Waals surface area (Å²) in [6.45, 7) is 1.35. The SMILES string of the molecule is CC(=O)Nc1ccc(C(=O)CSc2nnc(C3CC3)n2C2CC2)c(F)c1. The van der Waals surface area contributed by atoms with Crippen molar-refractivity contribution in [3.05, 3.63) is 35.4 Å². The third-order valence-electron chi connectivity index (χ3n) is 4.47. The Morgan fingerprint density at radius 1 is 1.27 bits per heavy atom. The Morgan fingerprint density at radius 3 is 2.65 bits per heavy atom. The van der Waals surface area contributed by atoms with E-state index in [-0.39, 0.29) is 23.0 Å². The third-order valence-corrected chi connectivity index (χ3v) is 5.41. The summed E-state index contributed by atoms with van der Waals surface area (Å²) in [5.74, 6) is 0.417. The predicted octanol–water partition coefficient (Wildman–Crippen LogP) is 3.56. The number of hydrogen-bond acceptors (Lipinski definition) is 5. The van der Waals surface area contributed by atoms with Gasteiger partial charge in [0.2, 0.25) is 5.91 Å². The van der Waals surface area contributed by atoms with E-state index in [1.807, 2.05) is 0 Å². The number of benzene rings is 1. The van der Waals surface area contributed by atoms with Gasteiger partial charge in [0.1, 0.15) is 11.6 Å². The average molecular weight is 374 g/mol. The Labute approximate surface area is 154 Å². The van der Waals surface area contributed by atoms with Gasteiger partial charge < -0.3 is 9.88 Å². The fraction of sp³-hybridized carbons (Fsp3) is 0.444. The van der Waals surface area contributed by atoms with Gasteiger partial charge in [0, 0.05) is 24.6 Å². The molecule has 0 atom stereocenters. The third kappa shape index (κ3) is 3.65. The summed E-state index contributed by atoms with van der Waals surface area (Å²) in [5, 5.41) is 11.8. The molecular formula is C18H19FN4O2S. The van der Waals surface area contributed by atoms with E-state index in [9.17, 15) is 14.0 Å². The summed E-state index contributed by atoms with van der Waals surface area (Å²) < 4.78 is 16.4. The van der Waals surface area contributed by atoms with E-state index in [0.29, 0.717) is 17.6 Å². The molecule has 26 heavy (non-hydrogen) atoms. The highest BCUT2D eigenvalue weighted by molar-refractivity contribution is 7.99. The summed E-state index contributed by atoms with van der Waals surface area (Å²) >= 11 is 1.31. The van der Waals surface area contributed by atoms with Crippen LogP contribution in [0.2, 0.25) is 0 Å². The van der Waals surface area contributed by atoms with Gasteiger partial charge in [-0.1, -0.05) is 11.8 Å². The van der Waals surface area contributed by atoms with E-state index in [2.05, 4.69) is 20.1 Å². The highest BCUT2D eigenvalue weighted by atomic mass is 32.2. The number of Topliss-reactive ketones (excluding diaryl/α,β-unsaturated/α-hetero) is 1. The fourth-order valence-corrected chi connectivity index (χ4v) is 3.81. The van der Waals surface area contributed by atoms with E-state index in [4.69, 9.17) is 0 Å². The van der Waals surface area contributed by atoms with Gasteiger partial charge in [-0.25, -0.2) is 4.39 Å². The van der Waals surface area contributed by atoms with Crippen LogP contribution in [0.25, 0.3) is 0 Å². The number of hydrogen-bond donors (Lipinski definition) is 1. The van der Waals surface area contributed by atoms with E-state index in [1.165, 1.54) is 30.8 Å². The molecule has 2 aliphatic carbocycles. The highest BCUT2D eigenvalue weighted by Crippen LogP contribution is 2.46. The molecule has 6 nitrogen and oxygen atoms in total. The molecule has 0 radical (unpaired) electrons. The van der Waals surface area contributed by atoms with Gasteiger partial charge >= 0.3 is 0 Å². The van der Waals surface area contributed by atoms with Crippen LogP contribution in [-0.4, -0.2) is 32.2 Å². The lowest BCUT2D eigenvalue weighted by atomic mass is 10.1. The second-order valence-electron chi connectivity index (χ2n) is 6.80. The second-order valence-corrected chi connectivity index (χ2v) is 7.75. The number of rotatable bonds is 7. The first-order valence-electron chi connectivity index (χ1n) is 8.71. The van der Waals surface area contributed by atoms with Crippen LogP contribution in [-0.2, 0) is 4.79 Å². The van der Waals surface area contributed by atoms with Crippen LogP contribution in [0.15, 0.2) is 23.4 Å². The molecule has 1 aromatic heterocycles. The molecule has 1 N–H and O–H groups in total. The van der Waals surface area contributed by atoms with Crippen LogP contribution in [0.3, 0.4) is 0 Å². The average Bonchev–Trinajstić information content (AvgIpc) is 3.51. The highest BCUT2D eigenvalue weighted by Gasteiger charge is 2.36. The second kappa shape index (κ2) is 6.83. The molecular weight excluding hydrogens is 355 g/mol. The standard InChI is InChI=1S/C18H19FN4O2S/c1-10(24)20-12-4-7-14(15(19)8-12)16(25)9-26-18-22-21-17(11-2-3-11)23(18)13-5-6-13/h4,7-8,11,13H,2-3,5-6,9H2,1H3,(H,20,24). The number of anilines is 1. The monoisotopic (exact) mass is 374 g/mol. The normalized spacial score (nSPS) is 16.5. The molecule has 0 aliphatic heterocycles. The van der Waals surface area contributed by atoms with Crippen molar-refractivity contribution in [3.63, 3.8) is 0 Å². The topological polar surface area (TPSA) is 76.9 Å². The molecule has 4 rings (SSSR count). The number of halogens is 1. The molecule has 2 fully saturated rings. The minimum absolute atomic E-state index is 0.0199. The Balaban J connectivity index is 1.45. The van der Waals surface area contributed by atoms with E-state index in [1.54, 1.807) is 0 Å². The van der Waals surface area contributed by atoms with Crippen molar-refractivity contribution in [1.82, 2.24) is 14.8 Å². The zero-order chi connectivity index (χ0) is 18.3. The van der Waals surface area contributed by atoms with Gasteiger partial charge in [-0.05, 0) is 43.9 Å². The van der Waals surface area contributed by atoms with Crippen LogP contribution in [0, 0.1) is 5.82 Å². The molecule has 2 aliphatic rings. The first kappa shape index (κ1) is 17.2. The maximum absolute atomic E-state index is 14.2. The Kier molecular flexibility index (Phi) is 4.52. The molecule has 0 saturated heterocycles. The first-order chi connectivity index (χ1) is 12.5. The molecule has 0 spiro atoms. The number of carbonyl (C=O) groups excluding carboxylic acids is 2. The zero-order valence-corrected chi connectivity index (χ0v) is 15.2. The van der Waals surface area contributed by atoms with Gasteiger partial charge in [-0.15, -0.1) is 10.2 Å². The molecule has 2 saturated carbocycles. The van der Waals surface area contributed by atoms with Crippen LogP contribution in [0.5, 0.6) is 0 Å². The van der Waals surface area contributed by atoms with Crippen molar-refractivity contribution in [2.24, 2.45) is 0 Å². The minimum Gasteiger partial charge on any atom is -0.326 e. The Hall–Kier alpha value is -2.22. The smallest absolute Gasteiger partial charge is 0.221 e. The van der Waals surface area contributed by atoms with Gasteiger partial charge in [-0.2, -0.15) is 0 Å². The lowest BCUT2D eigenvalue weighted by Crippen LogP contribution is -2.10. The van der Waals surface area contributed by atoms with Crippen molar-refractivity contribution in [2.45, 2.75) is 49.7 Å². The van der Waals surface area contributed by atoms with Crippen molar-refractivity contribution in [2.75, 3.05) is 11.1 Å². The van der Waals surface area contributed by atoms with E-state index >= 15 is 0 Å². The molecule has 1 aromatic carbocycles. The van der Waals surface area contributed by atoms with Crippen molar-refractivity contribution in [1.29, 1.82) is 0 Å². The number of carbonyl (C=O) groups is 2. The maximum Gasteiger partial charge on any atom is 0.221 e. The molecule has 1 heterocycles. The quantitative estimate of drug-likeness (QED) is 0.592. The molecule has 0 bridgehead atoms. The maximum atomic E-state index is 14.2. The van der Waals surface area contributed by atoms with Gasteiger partial charge in [0.25, 0.3) is 0 Å². The molecule has 136 valence electrons. The predicted molar refractivity (Wildman–Crippen MR) is 96.0 cm³/mol. The van der Waals surface area contributed by atoms with Crippen molar-refractivity contribution < 1.29 is 14.0 Å². The van der Waals surface area contributed by atoms with Crippen LogP contribution < -0.4 is 5.32 Å². The van der Waals surface area contributed by atoms with E-state index < -0.39 is 5.82 Å². The minimum atomic E-state index is -0.635. The molecule has 0 unspecified atom stereocenters. The van der Waals surface area contributed by atoms with Crippen LogP contribution >= 0.6 is 11.8 Å². The summed E-state index contributed by atoms with van der Waals surface area (Å²) in [7, 11) is 0. The summed E-state index contributed by atoms with van der Waals surface area (Å²) in [6.07, 6.45) is 4.55. The van der Waals surface area contributed by atoms with Crippen molar-refractivity contribution >= 4 is 29.1 Å². The molecule has 8 heteroatoms. The fourth-order valence-electron chi connectivity index (χ4n) is 2.91. The van der Waals surface area contributed by atoms with Gasteiger partial charge in [0.05, 0.1) is 11.3 Å². The summed E-state index contributed by atoms with van der Waals surface area (Å²) in [4.78, 5) is 23.4. The lowest BCUT2D eigenvalue weighted by molar-refractivity contribution is -0.114. The summed E-state index contributed by atoms with van der Waals surface area (Å²) in [6, 6.07) is 4.55. The number of ketones is 1. The van der Waals surface area contributed by atoms with E-state index in [0.717, 1.165) is 42.7 Å². The number of thioether (sulfide) groups is 1.